The molecule has 156 valence electrons. The van der Waals surface area contributed by atoms with Crippen LogP contribution in [0.15, 0.2) is 36.5 Å². The molecule has 2 aromatic rings. The average molecular weight is 418 g/mol. The van der Waals surface area contributed by atoms with Crippen molar-refractivity contribution in [3.8, 4) is 0 Å². The molecule has 2 N–H and O–H groups in total. The van der Waals surface area contributed by atoms with Gasteiger partial charge >= 0.3 is 0 Å². The molecular weight excluding hydrogens is 390 g/mol. The smallest absolute Gasteiger partial charge is 0.276 e. The summed E-state index contributed by atoms with van der Waals surface area (Å²) in [5, 5.41) is 10.7. The number of likely N-dealkylation sites (tertiary alicyclic amines) is 1. The number of rotatable bonds is 4. The van der Waals surface area contributed by atoms with Crippen LogP contribution in [0.3, 0.4) is 0 Å². The average Bonchev–Trinajstić information content (AvgIpc) is 3.25. The Morgan fingerprint density at radius 3 is 2.62 bits per heavy atom. The number of aromatic nitrogens is 2. The maximum absolute atomic E-state index is 12.9. The molecule has 0 spiro atoms. The molecule has 1 aromatic heterocycles. The van der Waals surface area contributed by atoms with Crippen molar-refractivity contribution < 1.29 is 9.59 Å². The van der Waals surface area contributed by atoms with Gasteiger partial charge in [0.2, 0.25) is 0 Å². The number of carbonyl (C=O) groups is 2. The van der Waals surface area contributed by atoms with E-state index in [1.54, 1.807) is 18.2 Å². The van der Waals surface area contributed by atoms with Crippen molar-refractivity contribution in [3.63, 3.8) is 0 Å². The molecule has 0 bridgehead atoms. The van der Waals surface area contributed by atoms with E-state index in [9.17, 15) is 9.59 Å². The van der Waals surface area contributed by atoms with Gasteiger partial charge in [0, 0.05) is 25.8 Å². The molecular formula is C21H28ClN5O2. The minimum Gasteiger partial charge on any atom is -0.339 e. The second-order valence-corrected chi connectivity index (χ2v) is 7.53. The van der Waals surface area contributed by atoms with Gasteiger partial charge in [-0.2, -0.15) is 5.10 Å². The number of piperidine rings is 2. The van der Waals surface area contributed by atoms with Gasteiger partial charge in [-0.15, -0.1) is 12.4 Å². The molecule has 2 aliphatic rings. The third kappa shape index (κ3) is 4.97. The van der Waals surface area contributed by atoms with E-state index in [0.717, 1.165) is 51.9 Å². The van der Waals surface area contributed by atoms with Crippen molar-refractivity contribution in [2.24, 2.45) is 0 Å². The molecule has 2 amide bonds. The molecule has 8 heteroatoms. The Kier molecular flexibility index (Phi) is 7.28. The van der Waals surface area contributed by atoms with Crippen molar-refractivity contribution in [2.75, 3.05) is 31.5 Å². The van der Waals surface area contributed by atoms with Crippen LogP contribution in [-0.4, -0.2) is 52.7 Å². The number of halogens is 1. The SMILES string of the molecule is Cl.O=C(Nc1ccccc1C(=O)N1CCCCC1)c1ccn(C2CCCNC2)n1. The van der Waals surface area contributed by atoms with Gasteiger partial charge in [0.05, 0.1) is 17.3 Å². The Hall–Kier alpha value is -2.38. The van der Waals surface area contributed by atoms with Crippen LogP contribution in [0.25, 0.3) is 0 Å². The molecule has 2 fully saturated rings. The lowest BCUT2D eigenvalue weighted by Crippen LogP contribution is -2.36. The highest BCUT2D eigenvalue weighted by molar-refractivity contribution is 6.08. The quantitative estimate of drug-likeness (QED) is 0.801. The second-order valence-electron chi connectivity index (χ2n) is 7.53. The van der Waals surface area contributed by atoms with Crippen molar-refractivity contribution in [3.05, 3.63) is 47.8 Å². The van der Waals surface area contributed by atoms with Crippen molar-refractivity contribution >= 4 is 29.9 Å². The molecule has 1 atom stereocenters. The number of anilines is 1. The Bertz CT molecular complexity index is 841. The summed E-state index contributed by atoms with van der Waals surface area (Å²) >= 11 is 0. The maximum Gasteiger partial charge on any atom is 0.276 e. The first-order chi connectivity index (χ1) is 13.7. The Morgan fingerprint density at radius 2 is 1.86 bits per heavy atom. The number of nitrogens with zero attached hydrogens (tertiary/aromatic N) is 3. The molecule has 1 aromatic carbocycles. The predicted octanol–water partition coefficient (Wildman–Crippen LogP) is 3.11. The first-order valence-electron chi connectivity index (χ1n) is 10.2. The molecule has 0 radical (unpaired) electrons. The lowest BCUT2D eigenvalue weighted by molar-refractivity contribution is 0.0725. The van der Waals surface area contributed by atoms with Crippen LogP contribution in [0, 0.1) is 0 Å². The first kappa shape index (κ1) is 21.3. The fourth-order valence-electron chi connectivity index (χ4n) is 3.95. The third-order valence-corrected chi connectivity index (χ3v) is 5.53. The van der Waals surface area contributed by atoms with E-state index in [0.29, 0.717) is 16.9 Å². The van der Waals surface area contributed by atoms with E-state index in [2.05, 4.69) is 15.7 Å². The lowest BCUT2D eigenvalue weighted by Gasteiger charge is -2.27. The first-order valence-corrected chi connectivity index (χ1v) is 10.2. The van der Waals surface area contributed by atoms with E-state index >= 15 is 0 Å². The van der Waals surface area contributed by atoms with Crippen LogP contribution < -0.4 is 10.6 Å². The fraction of sp³-hybridized carbons (Fsp3) is 0.476. The van der Waals surface area contributed by atoms with E-state index < -0.39 is 0 Å². The van der Waals surface area contributed by atoms with Crippen LogP contribution in [0.1, 0.15) is 59.0 Å². The summed E-state index contributed by atoms with van der Waals surface area (Å²) in [7, 11) is 0. The summed E-state index contributed by atoms with van der Waals surface area (Å²) in [6, 6.07) is 9.23. The third-order valence-electron chi connectivity index (χ3n) is 5.53. The lowest BCUT2D eigenvalue weighted by atomic mass is 10.1. The second kappa shape index (κ2) is 9.89. The molecule has 1 unspecified atom stereocenters. The minimum absolute atomic E-state index is 0. The van der Waals surface area contributed by atoms with Gasteiger partial charge in [0.25, 0.3) is 11.8 Å². The summed E-state index contributed by atoms with van der Waals surface area (Å²) in [5.74, 6) is -0.309. The van der Waals surface area contributed by atoms with Crippen molar-refractivity contribution in [2.45, 2.75) is 38.1 Å². The number of benzene rings is 1. The zero-order chi connectivity index (χ0) is 19.3. The number of nitrogens with one attached hydrogen (secondary N) is 2. The summed E-state index contributed by atoms with van der Waals surface area (Å²) < 4.78 is 1.87. The summed E-state index contributed by atoms with van der Waals surface area (Å²) in [4.78, 5) is 27.5. The van der Waals surface area contributed by atoms with Crippen LogP contribution in [0.2, 0.25) is 0 Å². The van der Waals surface area contributed by atoms with Crippen LogP contribution in [0.5, 0.6) is 0 Å². The topological polar surface area (TPSA) is 79.3 Å². The highest BCUT2D eigenvalue weighted by Gasteiger charge is 2.22. The summed E-state index contributed by atoms with van der Waals surface area (Å²) in [5.41, 5.74) is 1.44. The predicted molar refractivity (Wildman–Crippen MR) is 115 cm³/mol. The van der Waals surface area contributed by atoms with Gasteiger partial charge in [-0.05, 0) is 56.8 Å². The highest BCUT2D eigenvalue weighted by Crippen LogP contribution is 2.21. The summed E-state index contributed by atoms with van der Waals surface area (Å²) in [6.45, 7) is 3.46. The largest absolute Gasteiger partial charge is 0.339 e. The molecule has 0 saturated carbocycles. The van der Waals surface area contributed by atoms with Gasteiger partial charge in [-0.25, -0.2) is 0 Å². The van der Waals surface area contributed by atoms with Gasteiger partial charge in [-0.3, -0.25) is 14.3 Å². The zero-order valence-electron chi connectivity index (χ0n) is 16.5. The minimum atomic E-state index is -0.290. The Morgan fingerprint density at radius 1 is 1.07 bits per heavy atom. The maximum atomic E-state index is 12.9. The zero-order valence-corrected chi connectivity index (χ0v) is 17.3. The van der Waals surface area contributed by atoms with E-state index in [-0.39, 0.29) is 30.3 Å². The van der Waals surface area contributed by atoms with Gasteiger partial charge in [0.1, 0.15) is 0 Å². The Labute approximate surface area is 177 Å². The van der Waals surface area contributed by atoms with E-state index in [1.165, 1.54) is 6.42 Å². The standard InChI is InChI=1S/C21H27N5O2.ClH/c27-20(19-10-14-26(24-19)16-7-6-11-22-15-16)23-18-9-3-2-8-17(18)21(28)25-12-4-1-5-13-25;/h2-3,8-10,14,16,22H,1,4-7,11-13,15H2,(H,23,27);1H. The number of carbonyl (C=O) groups excluding carboxylic acids is 2. The van der Waals surface area contributed by atoms with Gasteiger partial charge < -0.3 is 15.5 Å². The molecule has 3 heterocycles. The van der Waals surface area contributed by atoms with Crippen molar-refractivity contribution in [1.82, 2.24) is 20.0 Å². The van der Waals surface area contributed by atoms with Gasteiger partial charge in [-0.1, -0.05) is 12.1 Å². The number of hydrogen-bond acceptors (Lipinski definition) is 4. The normalized spacial score (nSPS) is 19.3. The number of para-hydroxylation sites is 1. The molecule has 2 saturated heterocycles. The fourth-order valence-corrected chi connectivity index (χ4v) is 3.95. The molecule has 4 rings (SSSR count). The van der Waals surface area contributed by atoms with Gasteiger partial charge in [0.15, 0.2) is 5.69 Å². The molecule has 29 heavy (non-hydrogen) atoms. The number of amides is 2. The van der Waals surface area contributed by atoms with Crippen LogP contribution in [0.4, 0.5) is 5.69 Å². The Balaban J connectivity index is 0.00000240. The van der Waals surface area contributed by atoms with Crippen LogP contribution in [-0.2, 0) is 0 Å². The van der Waals surface area contributed by atoms with E-state index in [4.69, 9.17) is 0 Å². The highest BCUT2D eigenvalue weighted by atomic mass is 35.5. The monoisotopic (exact) mass is 417 g/mol. The summed E-state index contributed by atoms with van der Waals surface area (Å²) in [6.07, 6.45) is 7.26. The molecule has 7 nitrogen and oxygen atoms in total. The van der Waals surface area contributed by atoms with Crippen LogP contribution >= 0.6 is 12.4 Å². The molecule has 2 aliphatic heterocycles. The van der Waals surface area contributed by atoms with Crippen molar-refractivity contribution in [1.29, 1.82) is 0 Å². The molecule has 0 aliphatic carbocycles. The number of hydrogen-bond donors (Lipinski definition) is 2. The van der Waals surface area contributed by atoms with E-state index in [1.807, 2.05) is 27.9 Å².